The predicted octanol–water partition coefficient (Wildman–Crippen LogP) is 2.87. The van der Waals surface area contributed by atoms with Crippen LogP contribution in [0.3, 0.4) is 0 Å². The van der Waals surface area contributed by atoms with Crippen LogP contribution in [-0.4, -0.2) is 28.9 Å². The Bertz CT molecular complexity index is 839. The highest BCUT2D eigenvalue weighted by Crippen LogP contribution is 2.22. The lowest BCUT2D eigenvalue weighted by Crippen LogP contribution is -2.26. The molecule has 4 nitrogen and oxygen atoms in total. The van der Waals surface area contributed by atoms with E-state index in [1.54, 1.807) is 6.20 Å². The molecule has 1 amide bonds. The lowest BCUT2D eigenvalue weighted by Gasteiger charge is -2.26. The van der Waals surface area contributed by atoms with E-state index in [1.807, 2.05) is 24.3 Å². The molecule has 25 heavy (non-hydrogen) atoms. The largest absolute Gasteiger partial charge is 0.371 e. The Balaban J connectivity index is 1.42. The lowest BCUT2D eigenvalue weighted by atomic mass is 10.00. The van der Waals surface area contributed by atoms with Crippen molar-refractivity contribution in [2.45, 2.75) is 19.4 Å². The second-order valence-corrected chi connectivity index (χ2v) is 6.42. The maximum atomic E-state index is 12.5. The van der Waals surface area contributed by atoms with Crippen molar-refractivity contribution in [3.05, 3.63) is 88.9 Å². The van der Waals surface area contributed by atoms with Crippen molar-refractivity contribution >= 4 is 5.91 Å². The van der Waals surface area contributed by atoms with Gasteiger partial charge < -0.3 is 10.2 Å². The summed E-state index contributed by atoms with van der Waals surface area (Å²) in [5, 5.41) is 2.95. The van der Waals surface area contributed by atoms with Gasteiger partial charge in [-0.15, -0.1) is 0 Å². The first kappa shape index (κ1) is 15.6. The van der Waals surface area contributed by atoms with Crippen LogP contribution in [0.1, 0.15) is 27.2 Å². The number of nitrogens with zero attached hydrogens (tertiary/aromatic N) is 2. The summed E-state index contributed by atoms with van der Waals surface area (Å²) in [6, 6.07) is 11.8. The molecule has 0 fully saturated rings. The third-order valence-electron chi connectivity index (χ3n) is 4.83. The Morgan fingerprint density at radius 3 is 2.68 bits per heavy atom. The molecule has 0 radical (unpaired) electrons. The number of carbonyl (C=O) groups excluding carboxylic acids is 1. The summed E-state index contributed by atoms with van der Waals surface area (Å²) in [4.78, 5) is 19.1. The van der Waals surface area contributed by atoms with Crippen LogP contribution >= 0.6 is 0 Å². The number of nitrogens with one attached hydrogen (secondary N) is 1. The normalized spacial score (nSPS) is 15.7. The lowest BCUT2D eigenvalue weighted by molar-refractivity contribution is 0.0950. The van der Waals surface area contributed by atoms with Crippen molar-refractivity contribution in [1.82, 2.24) is 15.2 Å². The molecule has 1 aromatic carbocycles. The van der Waals surface area contributed by atoms with E-state index in [0.717, 1.165) is 37.2 Å². The van der Waals surface area contributed by atoms with Crippen LogP contribution in [0.15, 0.2) is 66.5 Å². The maximum Gasteiger partial charge on any atom is 0.251 e. The molecule has 0 saturated heterocycles. The minimum atomic E-state index is -0.0424. The van der Waals surface area contributed by atoms with E-state index < -0.39 is 0 Å². The van der Waals surface area contributed by atoms with E-state index in [-0.39, 0.29) is 5.91 Å². The number of aromatic nitrogens is 1. The number of rotatable bonds is 4. The van der Waals surface area contributed by atoms with E-state index >= 15 is 0 Å². The van der Waals surface area contributed by atoms with E-state index in [0.29, 0.717) is 6.54 Å². The molecule has 2 aliphatic rings. The highest BCUT2D eigenvalue weighted by molar-refractivity contribution is 5.94. The minimum Gasteiger partial charge on any atom is -0.371 e. The van der Waals surface area contributed by atoms with Crippen molar-refractivity contribution in [3.63, 3.8) is 0 Å². The first-order valence-corrected chi connectivity index (χ1v) is 8.73. The van der Waals surface area contributed by atoms with Gasteiger partial charge in [0.2, 0.25) is 0 Å². The molecule has 1 aliphatic carbocycles. The summed E-state index contributed by atoms with van der Waals surface area (Å²) >= 11 is 0. The van der Waals surface area contributed by atoms with Crippen LogP contribution in [0.2, 0.25) is 0 Å². The zero-order chi connectivity index (χ0) is 17.1. The number of carbonyl (C=O) groups is 1. The van der Waals surface area contributed by atoms with Crippen LogP contribution in [0, 0.1) is 0 Å². The number of hydrogen-bond donors (Lipinski definition) is 1. The first-order chi connectivity index (χ1) is 12.3. The van der Waals surface area contributed by atoms with E-state index in [4.69, 9.17) is 0 Å². The molecular formula is C21H21N3O. The second kappa shape index (κ2) is 6.93. The molecule has 1 N–H and O–H groups in total. The molecule has 2 heterocycles. The molecule has 1 aliphatic heterocycles. The molecule has 0 atom stereocenters. The first-order valence-electron chi connectivity index (χ1n) is 8.73. The van der Waals surface area contributed by atoms with E-state index in [9.17, 15) is 4.79 Å². The van der Waals surface area contributed by atoms with Gasteiger partial charge in [-0.2, -0.15) is 0 Å². The summed E-state index contributed by atoms with van der Waals surface area (Å²) in [7, 11) is 0. The topological polar surface area (TPSA) is 45.2 Å². The third-order valence-corrected chi connectivity index (χ3v) is 4.83. The average molecular weight is 331 g/mol. The van der Waals surface area contributed by atoms with Gasteiger partial charge in [0.15, 0.2) is 0 Å². The number of pyridine rings is 1. The van der Waals surface area contributed by atoms with Crippen LogP contribution in [-0.2, 0) is 19.4 Å². The zero-order valence-electron chi connectivity index (χ0n) is 14.1. The molecular weight excluding hydrogens is 310 g/mol. The summed E-state index contributed by atoms with van der Waals surface area (Å²) in [6.45, 7) is 2.49. The molecule has 0 bridgehead atoms. The highest BCUT2D eigenvalue weighted by Gasteiger charge is 2.17. The standard InChI is InChI=1S/C21H21N3O/c25-21(23-15-19-4-1-2-11-22-19)18-8-7-16-9-12-24(20-5-3-6-20)13-10-17(16)14-18/h1-8,11,14H,9-10,12-13,15H2,(H,23,25). The zero-order valence-corrected chi connectivity index (χ0v) is 14.1. The van der Waals surface area contributed by atoms with Gasteiger partial charge in [0.05, 0.1) is 12.2 Å². The Morgan fingerprint density at radius 2 is 1.96 bits per heavy atom. The Morgan fingerprint density at radius 1 is 1.12 bits per heavy atom. The fourth-order valence-corrected chi connectivity index (χ4v) is 3.29. The average Bonchev–Trinajstić information content (AvgIpc) is 2.81. The molecule has 2 aromatic rings. The SMILES string of the molecule is O=C(NCc1ccccn1)c1ccc2c(c1)CCN(C1=CC=C1)CC2. The van der Waals surface area contributed by atoms with Gasteiger partial charge in [-0.1, -0.05) is 18.2 Å². The fourth-order valence-electron chi connectivity index (χ4n) is 3.29. The summed E-state index contributed by atoms with van der Waals surface area (Å²) in [6.07, 6.45) is 10.1. The molecule has 4 heteroatoms. The molecule has 0 saturated carbocycles. The van der Waals surface area contributed by atoms with Crippen molar-refractivity contribution in [3.8, 4) is 0 Å². The third kappa shape index (κ3) is 3.48. The van der Waals surface area contributed by atoms with Gasteiger partial charge in [-0.05, 0) is 60.4 Å². The van der Waals surface area contributed by atoms with Gasteiger partial charge in [0.25, 0.3) is 5.91 Å². The van der Waals surface area contributed by atoms with E-state index in [2.05, 4.69) is 45.6 Å². The second-order valence-electron chi connectivity index (χ2n) is 6.42. The number of benzene rings is 1. The van der Waals surface area contributed by atoms with Crippen molar-refractivity contribution < 1.29 is 4.79 Å². The van der Waals surface area contributed by atoms with Crippen molar-refractivity contribution in [2.24, 2.45) is 0 Å². The minimum absolute atomic E-state index is 0.0424. The Labute approximate surface area is 147 Å². The van der Waals surface area contributed by atoms with Gasteiger partial charge in [0, 0.05) is 30.5 Å². The van der Waals surface area contributed by atoms with Crippen LogP contribution in [0.4, 0.5) is 0 Å². The van der Waals surface area contributed by atoms with Gasteiger partial charge in [-0.25, -0.2) is 0 Å². The molecule has 126 valence electrons. The van der Waals surface area contributed by atoms with Crippen molar-refractivity contribution in [2.75, 3.05) is 13.1 Å². The number of amides is 1. The Kier molecular flexibility index (Phi) is 4.34. The van der Waals surface area contributed by atoms with E-state index in [1.165, 1.54) is 16.8 Å². The maximum absolute atomic E-state index is 12.5. The molecule has 4 rings (SSSR count). The summed E-state index contributed by atoms with van der Waals surface area (Å²) < 4.78 is 0. The summed E-state index contributed by atoms with van der Waals surface area (Å²) in [5.41, 5.74) is 5.56. The number of hydrogen-bond acceptors (Lipinski definition) is 3. The number of allylic oxidation sites excluding steroid dienone is 3. The smallest absolute Gasteiger partial charge is 0.251 e. The van der Waals surface area contributed by atoms with Crippen molar-refractivity contribution in [1.29, 1.82) is 0 Å². The summed E-state index contributed by atoms with van der Waals surface area (Å²) in [5.74, 6) is -0.0424. The predicted molar refractivity (Wildman–Crippen MR) is 98.1 cm³/mol. The van der Waals surface area contributed by atoms with Gasteiger partial charge in [0.1, 0.15) is 0 Å². The van der Waals surface area contributed by atoms with Gasteiger partial charge in [-0.3, -0.25) is 9.78 Å². The van der Waals surface area contributed by atoms with Crippen LogP contribution in [0.25, 0.3) is 0 Å². The monoisotopic (exact) mass is 331 g/mol. The highest BCUT2D eigenvalue weighted by atomic mass is 16.1. The Hall–Kier alpha value is -2.88. The molecule has 1 aromatic heterocycles. The quantitative estimate of drug-likeness (QED) is 0.937. The van der Waals surface area contributed by atoms with Crippen LogP contribution < -0.4 is 5.32 Å². The van der Waals surface area contributed by atoms with Crippen LogP contribution in [0.5, 0.6) is 0 Å². The molecule has 0 unspecified atom stereocenters. The fraction of sp³-hybridized carbons (Fsp3) is 0.238. The van der Waals surface area contributed by atoms with Gasteiger partial charge >= 0.3 is 0 Å². The molecule has 0 spiro atoms. The number of fused-ring (bicyclic) bond motifs is 1.